The fourth-order valence-electron chi connectivity index (χ4n) is 1.51. The van der Waals surface area contributed by atoms with E-state index in [2.05, 4.69) is 0 Å². The summed E-state index contributed by atoms with van der Waals surface area (Å²) in [6, 6.07) is 5.82. The van der Waals surface area contributed by atoms with Gasteiger partial charge in [0.1, 0.15) is 10.6 Å². The fourth-order valence-corrected chi connectivity index (χ4v) is 3.57. The first-order valence-corrected chi connectivity index (χ1v) is 8.30. The molecule has 0 fully saturated rings. The molecule has 1 heterocycles. The molecular weight excluding hydrogens is 336 g/mol. The molecule has 1 aromatic heterocycles. The zero-order chi connectivity index (χ0) is 16.5. The molecular formula is C11H8N2O7S2. The molecule has 116 valence electrons. The molecule has 2 aromatic rings. The maximum absolute atomic E-state index is 11.6. The Hall–Kier alpha value is -2.53. The third-order valence-electron chi connectivity index (χ3n) is 2.49. The van der Waals surface area contributed by atoms with Crippen molar-refractivity contribution in [1.82, 2.24) is 0 Å². The zero-order valence-corrected chi connectivity index (χ0v) is 12.6. The Labute approximate surface area is 128 Å². The van der Waals surface area contributed by atoms with Crippen LogP contribution in [0.1, 0.15) is 0 Å². The SMILES string of the molecule is CS(=O)(=O)c1cc([N+](=O)[O-])sc1Oc1ccc([N+](=O)[O-])cc1. The number of nitrogens with zero attached hydrogens (tertiary/aromatic N) is 2. The Morgan fingerprint density at radius 3 is 2.14 bits per heavy atom. The molecule has 1 aromatic carbocycles. The molecule has 0 spiro atoms. The number of hydrogen-bond donors (Lipinski definition) is 0. The minimum Gasteiger partial charge on any atom is -0.445 e. The highest BCUT2D eigenvalue weighted by Crippen LogP contribution is 2.41. The topological polar surface area (TPSA) is 130 Å². The van der Waals surface area contributed by atoms with Crippen LogP contribution in [-0.4, -0.2) is 24.5 Å². The second kappa shape index (κ2) is 5.69. The molecule has 0 saturated carbocycles. The summed E-state index contributed by atoms with van der Waals surface area (Å²) in [6.45, 7) is 0. The van der Waals surface area contributed by atoms with Crippen LogP contribution in [-0.2, 0) is 9.84 Å². The summed E-state index contributed by atoms with van der Waals surface area (Å²) in [5.74, 6) is 0.132. The van der Waals surface area contributed by atoms with Crippen molar-refractivity contribution < 1.29 is 23.0 Å². The van der Waals surface area contributed by atoms with Crippen molar-refractivity contribution in [2.45, 2.75) is 4.90 Å². The minimum absolute atomic E-state index is 0.132. The lowest BCUT2D eigenvalue weighted by Crippen LogP contribution is -1.97. The lowest BCUT2D eigenvalue weighted by atomic mass is 10.3. The Bertz CT molecular complexity index is 840. The first-order chi connectivity index (χ1) is 10.2. The summed E-state index contributed by atoms with van der Waals surface area (Å²) in [7, 11) is -3.72. The summed E-state index contributed by atoms with van der Waals surface area (Å²) in [6.07, 6.45) is 0.904. The molecule has 2 rings (SSSR count). The average molecular weight is 344 g/mol. The van der Waals surface area contributed by atoms with Crippen molar-refractivity contribution in [3.63, 3.8) is 0 Å². The number of rotatable bonds is 5. The summed E-state index contributed by atoms with van der Waals surface area (Å²) in [5.41, 5.74) is -0.159. The number of ether oxygens (including phenoxy) is 1. The molecule has 0 atom stereocenters. The molecule has 0 aliphatic heterocycles. The Morgan fingerprint density at radius 1 is 1.09 bits per heavy atom. The van der Waals surface area contributed by atoms with Gasteiger partial charge in [-0.25, -0.2) is 8.42 Å². The van der Waals surface area contributed by atoms with E-state index in [0.717, 1.165) is 12.3 Å². The molecule has 0 unspecified atom stereocenters. The predicted molar refractivity (Wildman–Crippen MR) is 77.3 cm³/mol. The highest BCUT2D eigenvalue weighted by molar-refractivity contribution is 7.91. The van der Waals surface area contributed by atoms with Gasteiger partial charge in [-0.1, -0.05) is 0 Å². The summed E-state index contributed by atoms with van der Waals surface area (Å²) in [5, 5.41) is 20.8. The highest BCUT2D eigenvalue weighted by Gasteiger charge is 2.25. The zero-order valence-electron chi connectivity index (χ0n) is 11.0. The number of non-ortho nitro benzene ring substituents is 1. The Balaban J connectivity index is 2.40. The van der Waals surface area contributed by atoms with Gasteiger partial charge in [-0.05, 0) is 23.5 Å². The number of hydrogen-bond acceptors (Lipinski definition) is 8. The number of thiophene rings is 1. The molecule has 22 heavy (non-hydrogen) atoms. The van der Waals surface area contributed by atoms with Gasteiger partial charge in [0.2, 0.25) is 5.06 Å². The second-order valence-electron chi connectivity index (χ2n) is 4.12. The Morgan fingerprint density at radius 2 is 1.68 bits per heavy atom. The number of benzene rings is 1. The summed E-state index contributed by atoms with van der Waals surface area (Å²) < 4.78 is 28.6. The molecule has 0 aliphatic carbocycles. The van der Waals surface area contributed by atoms with Crippen LogP contribution in [0.5, 0.6) is 10.8 Å². The lowest BCUT2D eigenvalue weighted by Gasteiger charge is -2.04. The van der Waals surface area contributed by atoms with Crippen molar-refractivity contribution in [2.75, 3.05) is 6.26 Å². The maximum atomic E-state index is 11.6. The van der Waals surface area contributed by atoms with Gasteiger partial charge in [0.05, 0.1) is 15.9 Å². The maximum Gasteiger partial charge on any atom is 0.328 e. The fraction of sp³-hybridized carbons (Fsp3) is 0.0909. The normalized spacial score (nSPS) is 11.1. The number of nitro benzene ring substituents is 1. The predicted octanol–water partition coefficient (Wildman–Crippen LogP) is 2.76. The van der Waals surface area contributed by atoms with Crippen LogP contribution in [0, 0.1) is 20.2 Å². The van der Waals surface area contributed by atoms with Crippen LogP contribution in [0.2, 0.25) is 0 Å². The van der Waals surface area contributed by atoms with Gasteiger partial charge < -0.3 is 4.74 Å². The van der Waals surface area contributed by atoms with Crippen LogP contribution < -0.4 is 4.74 Å². The van der Waals surface area contributed by atoms with Gasteiger partial charge in [-0.2, -0.15) is 0 Å². The van der Waals surface area contributed by atoms with E-state index in [1.54, 1.807) is 0 Å². The van der Waals surface area contributed by atoms with E-state index in [-0.39, 0.29) is 26.4 Å². The molecule has 0 amide bonds. The van der Waals surface area contributed by atoms with Crippen LogP contribution in [0.25, 0.3) is 0 Å². The van der Waals surface area contributed by atoms with Crippen LogP contribution in [0.15, 0.2) is 35.2 Å². The standard InChI is InChI=1S/C11H8N2O7S2/c1-22(18,19)9-6-10(13(16)17)21-11(9)20-8-4-2-7(3-5-8)12(14)15/h2-6H,1H3. The third-order valence-corrected chi connectivity index (χ3v) is 4.69. The summed E-state index contributed by atoms with van der Waals surface area (Å²) in [4.78, 5) is 19.7. The monoisotopic (exact) mass is 344 g/mol. The molecule has 0 radical (unpaired) electrons. The first kappa shape index (κ1) is 15.9. The van der Waals surface area contributed by atoms with Crippen molar-refractivity contribution in [3.05, 3.63) is 50.6 Å². The molecule has 0 saturated heterocycles. The largest absolute Gasteiger partial charge is 0.445 e. The van der Waals surface area contributed by atoms with Gasteiger partial charge in [0.15, 0.2) is 9.84 Å². The van der Waals surface area contributed by atoms with E-state index in [1.165, 1.54) is 24.3 Å². The highest BCUT2D eigenvalue weighted by atomic mass is 32.2. The van der Waals surface area contributed by atoms with E-state index in [1.807, 2.05) is 0 Å². The lowest BCUT2D eigenvalue weighted by molar-refractivity contribution is -0.384. The molecule has 0 aliphatic rings. The third kappa shape index (κ3) is 3.38. The van der Waals surface area contributed by atoms with Crippen LogP contribution in [0.4, 0.5) is 10.7 Å². The average Bonchev–Trinajstić information content (AvgIpc) is 2.83. The van der Waals surface area contributed by atoms with Gasteiger partial charge >= 0.3 is 5.00 Å². The van der Waals surface area contributed by atoms with E-state index in [0.29, 0.717) is 11.3 Å². The van der Waals surface area contributed by atoms with Crippen molar-refractivity contribution in [2.24, 2.45) is 0 Å². The minimum atomic E-state index is -3.72. The van der Waals surface area contributed by atoms with Gasteiger partial charge in [0, 0.05) is 18.4 Å². The van der Waals surface area contributed by atoms with Crippen molar-refractivity contribution in [3.8, 4) is 10.8 Å². The Kier molecular flexibility index (Phi) is 4.10. The van der Waals surface area contributed by atoms with Gasteiger partial charge in [-0.15, -0.1) is 0 Å². The molecule has 0 N–H and O–H groups in total. The summed E-state index contributed by atoms with van der Waals surface area (Å²) >= 11 is 0.565. The van der Waals surface area contributed by atoms with E-state index >= 15 is 0 Å². The number of sulfone groups is 1. The van der Waals surface area contributed by atoms with Crippen LogP contribution in [0.3, 0.4) is 0 Å². The first-order valence-electron chi connectivity index (χ1n) is 5.59. The van der Waals surface area contributed by atoms with E-state index in [4.69, 9.17) is 4.74 Å². The molecule has 11 heteroatoms. The van der Waals surface area contributed by atoms with Crippen LogP contribution >= 0.6 is 11.3 Å². The molecule has 0 bridgehead atoms. The van der Waals surface area contributed by atoms with Crippen molar-refractivity contribution in [1.29, 1.82) is 0 Å². The quantitative estimate of drug-likeness (QED) is 0.602. The van der Waals surface area contributed by atoms with Gasteiger partial charge in [-0.3, -0.25) is 20.2 Å². The molecule has 9 nitrogen and oxygen atoms in total. The smallest absolute Gasteiger partial charge is 0.328 e. The number of nitro groups is 2. The van der Waals surface area contributed by atoms with Gasteiger partial charge in [0.25, 0.3) is 5.69 Å². The second-order valence-corrected chi connectivity index (χ2v) is 7.10. The van der Waals surface area contributed by atoms with E-state index in [9.17, 15) is 28.6 Å². The van der Waals surface area contributed by atoms with E-state index < -0.39 is 19.7 Å². The van der Waals surface area contributed by atoms with Crippen molar-refractivity contribution >= 4 is 31.9 Å².